The lowest BCUT2D eigenvalue weighted by Crippen LogP contribution is -2.12. The highest BCUT2D eigenvalue weighted by Crippen LogP contribution is 2.26. The Kier molecular flexibility index (Phi) is 2.98. The van der Waals surface area contributed by atoms with E-state index in [0.29, 0.717) is 0 Å². The summed E-state index contributed by atoms with van der Waals surface area (Å²) in [6.07, 6.45) is 0. The summed E-state index contributed by atoms with van der Waals surface area (Å²) in [7, 11) is -3.57. The molecule has 0 saturated carbocycles. The van der Waals surface area contributed by atoms with Crippen molar-refractivity contribution in [2.24, 2.45) is 0 Å². The standard InChI is InChI=1S/C6H6INO4S/c7-8-13(11,12)4-1-2-5(9)6(10)3-4/h1-3,8-10H. The van der Waals surface area contributed by atoms with Gasteiger partial charge in [0.1, 0.15) is 0 Å². The maximum absolute atomic E-state index is 11.2. The summed E-state index contributed by atoms with van der Waals surface area (Å²) in [5.74, 6) is -0.819. The number of rotatable bonds is 2. The highest BCUT2D eigenvalue weighted by molar-refractivity contribution is 14.1. The topological polar surface area (TPSA) is 86.6 Å². The van der Waals surface area contributed by atoms with Crippen molar-refractivity contribution in [2.75, 3.05) is 0 Å². The molecule has 5 nitrogen and oxygen atoms in total. The fourth-order valence-corrected chi connectivity index (χ4v) is 2.08. The number of aromatic hydroxyl groups is 2. The molecule has 0 heterocycles. The van der Waals surface area contributed by atoms with Gasteiger partial charge in [0.15, 0.2) is 11.5 Å². The molecule has 0 fully saturated rings. The van der Waals surface area contributed by atoms with Crippen LogP contribution in [0.5, 0.6) is 11.5 Å². The van der Waals surface area contributed by atoms with Crippen LogP contribution in [0.4, 0.5) is 0 Å². The van der Waals surface area contributed by atoms with Crippen LogP contribution in [-0.4, -0.2) is 18.6 Å². The SMILES string of the molecule is O=S(=O)(NI)c1ccc(O)c(O)c1. The van der Waals surface area contributed by atoms with Crippen LogP contribution in [0.25, 0.3) is 0 Å². The van der Waals surface area contributed by atoms with E-state index in [1.165, 1.54) is 28.9 Å². The van der Waals surface area contributed by atoms with E-state index in [1.54, 1.807) is 0 Å². The quantitative estimate of drug-likeness (QED) is 0.426. The van der Waals surface area contributed by atoms with E-state index in [1.807, 2.05) is 0 Å². The van der Waals surface area contributed by atoms with Gasteiger partial charge >= 0.3 is 0 Å². The Hall–Kier alpha value is -0.540. The Morgan fingerprint density at radius 3 is 2.31 bits per heavy atom. The summed E-state index contributed by atoms with van der Waals surface area (Å²) < 4.78 is 24.4. The first-order valence-electron chi connectivity index (χ1n) is 3.12. The normalized spacial score (nSPS) is 11.5. The third kappa shape index (κ3) is 2.23. The van der Waals surface area contributed by atoms with Gasteiger partial charge in [-0.2, -0.15) is 2.94 Å². The first kappa shape index (κ1) is 10.5. The van der Waals surface area contributed by atoms with Crippen molar-refractivity contribution >= 4 is 32.9 Å². The lowest BCUT2D eigenvalue weighted by Gasteiger charge is -2.02. The number of halogens is 1. The average Bonchev–Trinajstić information content (AvgIpc) is 2.09. The second-order valence-corrected chi connectivity index (χ2v) is 5.18. The number of nitrogens with one attached hydrogen (secondary N) is 1. The monoisotopic (exact) mass is 315 g/mol. The minimum atomic E-state index is -3.57. The van der Waals surface area contributed by atoms with Crippen LogP contribution in [0.3, 0.4) is 0 Å². The van der Waals surface area contributed by atoms with Crippen molar-refractivity contribution < 1.29 is 18.6 Å². The maximum atomic E-state index is 11.2. The Morgan fingerprint density at radius 1 is 1.23 bits per heavy atom. The molecule has 0 unspecified atom stereocenters. The highest BCUT2D eigenvalue weighted by atomic mass is 127. The van der Waals surface area contributed by atoms with Gasteiger partial charge in [-0.25, -0.2) is 8.42 Å². The van der Waals surface area contributed by atoms with Gasteiger partial charge in [-0.3, -0.25) is 0 Å². The van der Waals surface area contributed by atoms with E-state index in [4.69, 9.17) is 10.2 Å². The molecule has 7 heteroatoms. The average molecular weight is 315 g/mol. The van der Waals surface area contributed by atoms with Crippen molar-refractivity contribution in [1.29, 1.82) is 0 Å². The molecule has 1 aromatic rings. The highest BCUT2D eigenvalue weighted by Gasteiger charge is 2.13. The Morgan fingerprint density at radius 2 is 1.85 bits per heavy atom. The number of phenolic OH excluding ortho intramolecular Hbond substituents is 2. The molecule has 0 saturated heterocycles. The number of benzene rings is 1. The molecule has 0 bridgehead atoms. The van der Waals surface area contributed by atoms with E-state index >= 15 is 0 Å². The first-order chi connectivity index (χ1) is 5.97. The van der Waals surface area contributed by atoms with Crippen molar-refractivity contribution in [1.82, 2.24) is 2.94 Å². The molecule has 3 N–H and O–H groups in total. The Balaban J connectivity index is 3.27. The van der Waals surface area contributed by atoms with Gasteiger partial charge in [-0.15, -0.1) is 0 Å². The third-order valence-corrected chi connectivity index (χ3v) is 4.18. The number of sulfonamides is 1. The van der Waals surface area contributed by atoms with Crippen LogP contribution in [-0.2, 0) is 10.0 Å². The summed E-state index contributed by atoms with van der Waals surface area (Å²) >= 11 is 1.47. The summed E-state index contributed by atoms with van der Waals surface area (Å²) in [5, 5.41) is 17.9. The van der Waals surface area contributed by atoms with Crippen molar-refractivity contribution in [3.8, 4) is 11.5 Å². The van der Waals surface area contributed by atoms with Gasteiger partial charge < -0.3 is 10.2 Å². The van der Waals surface area contributed by atoms with E-state index < -0.39 is 15.8 Å². The second kappa shape index (κ2) is 3.68. The molecule has 0 amide bonds. The summed E-state index contributed by atoms with van der Waals surface area (Å²) in [6.45, 7) is 0. The minimum absolute atomic E-state index is 0.0998. The number of phenols is 2. The van der Waals surface area contributed by atoms with Crippen molar-refractivity contribution in [2.45, 2.75) is 4.90 Å². The third-order valence-electron chi connectivity index (χ3n) is 1.36. The lowest BCUT2D eigenvalue weighted by atomic mass is 10.3. The first-order valence-corrected chi connectivity index (χ1v) is 5.68. The molecule has 13 heavy (non-hydrogen) atoms. The fourth-order valence-electron chi connectivity index (χ4n) is 0.715. The van der Waals surface area contributed by atoms with Gasteiger partial charge in [0.05, 0.1) is 4.90 Å². The molecule has 0 aromatic heterocycles. The molecule has 0 atom stereocenters. The smallest absolute Gasteiger partial charge is 0.249 e. The summed E-state index contributed by atoms with van der Waals surface area (Å²) in [4.78, 5) is -0.0998. The molecule has 0 aliphatic rings. The van der Waals surface area contributed by atoms with Crippen LogP contribution in [0.2, 0.25) is 0 Å². The van der Waals surface area contributed by atoms with Crippen LogP contribution in [0.15, 0.2) is 23.1 Å². The maximum Gasteiger partial charge on any atom is 0.249 e. The van der Waals surface area contributed by atoms with E-state index in [-0.39, 0.29) is 10.6 Å². The lowest BCUT2D eigenvalue weighted by molar-refractivity contribution is 0.402. The van der Waals surface area contributed by atoms with Gasteiger partial charge in [0.25, 0.3) is 0 Å². The van der Waals surface area contributed by atoms with Gasteiger partial charge in [-0.1, -0.05) is 0 Å². The van der Waals surface area contributed by atoms with E-state index in [2.05, 4.69) is 2.94 Å². The molecule has 1 rings (SSSR count). The largest absolute Gasteiger partial charge is 0.504 e. The van der Waals surface area contributed by atoms with Gasteiger partial charge in [0.2, 0.25) is 10.0 Å². The zero-order valence-electron chi connectivity index (χ0n) is 6.23. The van der Waals surface area contributed by atoms with E-state index in [9.17, 15) is 8.42 Å². The zero-order chi connectivity index (χ0) is 10.1. The minimum Gasteiger partial charge on any atom is -0.504 e. The van der Waals surface area contributed by atoms with Gasteiger partial charge in [0, 0.05) is 28.9 Å². The second-order valence-electron chi connectivity index (χ2n) is 2.23. The number of hydrogen-bond donors (Lipinski definition) is 3. The molecule has 1 aromatic carbocycles. The van der Waals surface area contributed by atoms with Crippen LogP contribution in [0.1, 0.15) is 0 Å². The summed E-state index contributed by atoms with van der Waals surface area (Å²) in [6, 6.07) is 3.27. The Bertz CT molecular complexity index is 417. The summed E-state index contributed by atoms with van der Waals surface area (Å²) in [5.41, 5.74) is 0. The van der Waals surface area contributed by atoms with Crippen LogP contribution < -0.4 is 2.94 Å². The molecule has 0 radical (unpaired) electrons. The fraction of sp³-hybridized carbons (Fsp3) is 0. The number of hydrogen-bond acceptors (Lipinski definition) is 4. The van der Waals surface area contributed by atoms with Crippen LogP contribution in [0, 0.1) is 0 Å². The molecule has 0 aliphatic heterocycles. The Labute approximate surface area is 88.9 Å². The zero-order valence-corrected chi connectivity index (χ0v) is 9.20. The van der Waals surface area contributed by atoms with Crippen molar-refractivity contribution in [3.05, 3.63) is 18.2 Å². The molecular formula is C6H6INO4S. The predicted octanol–water partition coefficient (Wildman–Crippen LogP) is 0.726. The predicted molar refractivity (Wildman–Crippen MR) is 54.1 cm³/mol. The molecule has 0 spiro atoms. The van der Waals surface area contributed by atoms with Crippen molar-refractivity contribution in [3.63, 3.8) is 0 Å². The van der Waals surface area contributed by atoms with Crippen LogP contribution >= 0.6 is 22.9 Å². The van der Waals surface area contributed by atoms with Gasteiger partial charge in [-0.05, 0) is 12.1 Å². The molecular weight excluding hydrogens is 309 g/mol. The molecule has 0 aliphatic carbocycles. The van der Waals surface area contributed by atoms with E-state index in [0.717, 1.165) is 12.1 Å². The molecule has 72 valence electrons.